The minimum Gasteiger partial charge on any atom is -0.314 e. The normalized spacial score (nSPS) is 24.0. The summed E-state index contributed by atoms with van der Waals surface area (Å²) in [7, 11) is 2.20. The first-order valence-corrected chi connectivity index (χ1v) is 3.47. The monoisotopic (exact) mass is 111 g/mol. The second-order valence-corrected chi connectivity index (χ2v) is 3.01. The second-order valence-electron chi connectivity index (χ2n) is 3.01. The SMILES string of the molecule is CB1CCCN(C)C1. The molecule has 0 radical (unpaired) electrons. The maximum absolute atomic E-state index is 2.41. The van der Waals surface area contributed by atoms with Crippen molar-refractivity contribution in [2.45, 2.75) is 19.6 Å². The van der Waals surface area contributed by atoms with Gasteiger partial charge in [-0.2, -0.15) is 0 Å². The summed E-state index contributed by atoms with van der Waals surface area (Å²) in [5, 5.41) is 0. The highest BCUT2D eigenvalue weighted by atomic mass is 15.1. The van der Waals surface area contributed by atoms with Crippen LogP contribution in [0.25, 0.3) is 0 Å². The third kappa shape index (κ3) is 1.51. The second kappa shape index (κ2) is 2.54. The van der Waals surface area contributed by atoms with Gasteiger partial charge in [-0.1, -0.05) is 13.1 Å². The van der Waals surface area contributed by atoms with Crippen LogP contribution in [0.5, 0.6) is 0 Å². The van der Waals surface area contributed by atoms with E-state index in [0.29, 0.717) is 0 Å². The van der Waals surface area contributed by atoms with Gasteiger partial charge in [0.05, 0.1) is 0 Å². The Bertz CT molecular complexity index is 66.9. The Labute approximate surface area is 52.1 Å². The molecule has 1 saturated heterocycles. The fraction of sp³-hybridized carbons (Fsp3) is 1.00. The van der Waals surface area contributed by atoms with Crippen molar-refractivity contribution in [1.82, 2.24) is 4.90 Å². The highest BCUT2D eigenvalue weighted by Crippen LogP contribution is 2.06. The molecule has 1 nitrogen and oxygen atoms in total. The Hall–Kier alpha value is 0.0249. The van der Waals surface area contributed by atoms with Crippen molar-refractivity contribution >= 4 is 6.71 Å². The van der Waals surface area contributed by atoms with Gasteiger partial charge in [0.2, 0.25) is 0 Å². The summed E-state index contributed by atoms with van der Waals surface area (Å²) >= 11 is 0. The van der Waals surface area contributed by atoms with Crippen LogP contribution in [-0.4, -0.2) is 31.6 Å². The molecule has 0 aliphatic carbocycles. The van der Waals surface area contributed by atoms with Crippen molar-refractivity contribution in [3.05, 3.63) is 0 Å². The summed E-state index contributed by atoms with van der Waals surface area (Å²) in [6.45, 7) is 4.58. The van der Waals surface area contributed by atoms with Gasteiger partial charge in [-0.05, 0) is 26.5 Å². The highest BCUT2D eigenvalue weighted by molar-refractivity contribution is 6.57. The standard InChI is InChI=1S/C6H14BN/c1-7-4-3-5-8(2)6-7/h3-6H2,1-2H3. The average molecular weight is 111 g/mol. The zero-order chi connectivity index (χ0) is 5.98. The molecule has 0 aromatic carbocycles. The molecule has 0 N–H and O–H groups in total. The lowest BCUT2D eigenvalue weighted by Gasteiger charge is -2.24. The lowest BCUT2D eigenvalue weighted by atomic mass is 9.47. The lowest BCUT2D eigenvalue weighted by Crippen LogP contribution is -2.36. The van der Waals surface area contributed by atoms with Crippen LogP contribution in [0.2, 0.25) is 13.1 Å². The smallest absolute Gasteiger partial charge is 0.153 e. The van der Waals surface area contributed by atoms with E-state index in [1.807, 2.05) is 0 Å². The molecular weight excluding hydrogens is 96.9 g/mol. The van der Waals surface area contributed by atoms with Crippen LogP contribution in [0.15, 0.2) is 0 Å². The van der Waals surface area contributed by atoms with Crippen molar-refractivity contribution in [2.75, 3.05) is 20.0 Å². The maximum atomic E-state index is 2.41. The molecule has 46 valence electrons. The minimum atomic E-state index is 0.939. The van der Waals surface area contributed by atoms with Gasteiger partial charge >= 0.3 is 0 Å². The van der Waals surface area contributed by atoms with Crippen LogP contribution in [0.1, 0.15) is 6.42 Å². The minimum absolute atomic E-state index is 0.939. The molecular formula is C6H14BN. The van der Waals surface area contributed by atoms with E-state index in [1.54, 1.807) is 0 Å². The summed E-state index contributed by atoms with van der Waals surface area (Å²) in [6.07, 6.45) is 4.14. The zero-order valence-corrected chi connectivity index (χ0v) is 5.85. The summed E-state index contributed by atoms with van der Waals surface area (Å²) in [5.41, 5.74) is 0. The van der Waals surface area contributed by atoms with Crippen LogP contribution in [0.4, 0.5) is 0 Å². The number of hydrogen-bond acceptors (Lipinski definition) is 1. The Balaban J connectivity index is 2.23. The van der Waals surface area contributed by atoms with Gasteiger partial charge in [0.25, 0.3) is 0 Å². The first-order valence-electron chi connectivity index (χ1n) is 3.47. The molecule has 2 heteroatoms. The molecule has 1 aliphatic rings. The third-order valence-electron chi connectivity index (χ3n) is 1.86. The Morgan fingerprint density at radius 3 is 2.62 bits per heavy atom. The van der Waals surface area contributed by atoms with E-state index >= 15 is 0 Å². The van der Waals surface area contributed by atoms with Gasteiger partial charge in [0.15, 0.2) is 6.71 Å². The van der Waals surface area contributed by atoms with Crippen molar-refractivity contribution < 1.29 is 0 Å². The summed E-state index contributed by atoms with van der Waals surface area (Å²) in [6, 6.07) is 0. The van der Waals surface area contributed by atoms with Crippen LogP contribution in [0.3, 0.4) is 0 Å². The predicted octanol–water partition coefficient (Wildman–Crippen LogP) is 0.986. The van der Waals surface area contributed by atoms with Crippen LogP contribution in [0, 0.1) is 0 Å². The molecule has 1 rings (SSSR count). The molecule has 0 bridgehead atoms. The summed E-state index contributed by atoms with van der Waals surface area (Å²) in [4.78, 5) is 2.41. The summed E-state index contributed by atoms with van der Waals surface area (Å²) < 4.78 is 0. The molecule has 0 unspecified atom stereocenters. The molecule has 0 aromatic rings. The van der Waals surface area contributed by atoms with Crippen molar-refractivity contribution in [3.63, 3.8) is 0 Å². The van der Waals surface area contributed by atoms with Gasteiger partial charge in [-0.25, -0.2) is 0 Å². The first-order chi connectivity index (χ1) is 3.79. The summed E-state index contributed by atoms with van der Waals surface area (Å²) in [5.74, 6) is 0. The van der Waals surface area contributed by atoms with Crippen molar-refractivity contribution in [3.8, 4) is 0 Å². The van der Waals surface area contributed by atoms with E-state index in [1.165, 1.54) is 25.7 Å². The Kier molecular flexibility index (Phi) is 1.95. The third-order valence-corrected chi connectivity index (χ3v) is 1.86. The number of hydrogen-bond donors (Lipinski definition) is 0. The zero-order valence-electron chi connectivity index (χ0n) is 5.85. The fourth-order valence-corrected chi connectivity index (χ4v) is 1.42. The Morgan fingerprint density at radius 2 is 2.25 bits per heavy atom. The quantitative estimate of drug-likeness (QED) is 0.421. The van der Waals surface area contributed by atoms with Crippen molar-refractivity contribution in [2.24, 2.45) is 0 Å². The average Bonchev–Trinajstić information content (AvgIpc) is 1.64. The van der Waals surface area contributed by atoms with Gasteiger partial charge in [-0.3, -0.25) is 0 Å². The molecule has 0 aromatic heterocycles. The molecule has 0 saturated carbocycles. The van der Waals surface area contributed by atoms with E-state index in [2.05, 4.69) is 18.8 Å². The van der Waals surface area contributed by atoms with Gasteiger partial charge in [0.1, 0.15) is 0 Å². The highest BCUT2D eigenvalue weighted by Gasteiger charge is 2.14. The van der Waals surface area contributed by atoms with E-state index in [0.717, 1.165) is 6.71 Å². The number of nitrogens with zero attached hydrogens (tertiary/aromatic N) is 1. The van der Waals surface area contributed by atoms with E-state index in [9.17, 15) is 0 Å². The Morgan fingerprint density at radius 1 is 1.50 bits per heavy atom. The van der Waals surface area contributed by atoms with Crippen LogP contribution in [-0.2, 0) is 0 Å². The van der Waals surface area contributed by atoms with Gasteiger partial charge < -0.3 is 4.90 Å². The van der Waals surface area contributed by atoms with E-state index in [4.69, 9.17) is 0 Å². The largest absolute Gasteiger partial charge is 0.314 e. The molecule has 1 heterocycles. The fourth-order valence-electron chi connectivity index (χ4n) is 1.42. The molecule has 1 fully saturated rings. The van der Waals surface area contributed by atoms with Gasteiger partial charge in [-0.15, -0.1) is 0 Å². The molecule has 1 aliphatic heterocycles. The lowest BCUT2D eigenvalue weighted by molar-refractivity contribution is 0.368. The molecule has 0 spiro atoms. The first kappa shape index (κ1) is 6.15. The number of rotatable bonds is 0. The molecule has 8 heavy (non-hydrogen) atoms. The molecule has 0 amide bonds. The van der Waals surface area contributed by atoms with Crippen LogP contribution < -0.4 is 0 Å². The van der Waals surface area contributed by atoms with E-state index in [-0.39, 0.29) is 0 Å². The van der Waals surface area contributed by atoms with Gasteiger partial charge in [0, 0.05) is 0 Å². The van der Waals surface area contributed by atoms with E-state index < -0.39 is 0 Å². The van der Waals surface area contributed by atoms with Crippen molar-refractivity contribution in [1.29, 1.82) is 0 Å². The van der Waals surface area contributed by atoms with Crippen LogP contribution >= 0.6 is 0 Å². The maximum Gasteiger partial charge on any atom is 0.153 e. The predicted molar refractivity (Wildman–Crippen MR) is 38.5 cm³/mol. The topological polar surface area (TPSA) is 3.24 Å². The molecule has 0 atom stereocenters.